The minimum Gasteiger partial charge on any atom is -0.396 e. The minimum absolute atomic E-state index is 0.151. The number of aliphatic hydroxyl groups is 1. The average molecular weight is 501 g/mol. The molecule has 0 bridgehead atoms. The van der Waals surface area contributed by atoms with Crippen molar-refractivity contribution in [3.63, 3.8) is 0 Å². The van der Waals surface area contributed by atoms with Crippen LogP contribution in [-0.2, 0) is 26.8 Å². The van der Waals surface area contributed by atoms with Crippen LogP contribution in [-0.4, -0.2) is 57.4 Å². The Morgan fingerprint density at radius 2 is 1.77 bits per heavy atom. The summed E-state index contributed by atoms with van der Waals surface area (Å²) in [7, 11) is -16.4. The van der Waals surface area contributed by atoms with Crippen LogP contribution in [0.3, 0.4) is 0 Å². The Morgan fingerprint density at radius 1 is 1.10 bits per heavy atom. The van der Waals surface area contributed by atoms with Gasteiger partial charge in [-0.1, -0.05) is 6.58 Å². The van der Waals surface area contributed by atoms with Gasteiger partial charge in [0.2, 0.25) is 0 Å². The van der Waals surface area contributed by atoms with Crippen LogP contribution in [0.15, 0.2) is 24.8 Å². The summed E-state index contributed by atoms with van der Waals surface area (Å²) in [5.74, 6) is -1.11. The summed E-state index contributed by atoms with van der Waals surface area (Å²) in [6.07, 6.45) is 2.66. The highest BCUT2D eigenvalue weighted by molar-refractivity contribution is 7.66. The fourth-order valence-electron chi connectivity index (χ4n) is 3.26. The van der Waals surface area contributed by atoms with Crippen LogP contribution in [0.4, 0.5) is 5.82 Å². The van der Waals surface area contributed by atoms with Crippen molar-refractivity contribution in [3.05, 3.63) is 24.8 Å². The Kier molecular flexibility index (Phi) is 6.55. The summed E-state index contributed by atoms with van der Waals surface area (Å²) in [4.78, 5) is 47.9. The van der Waals surface area contributed by atoms with Crippen molar-refractivity contribution in [3.8, 4) is 0 Å². The van der Waals surface area contributed by atoms with E-state index < -0.39 is 54.6 Å². The number of fused-ring (bicyclic) bond motifs is 1. The monoisotopic (exact) mass is 501 g/mol. The van der Waals surface area contributed by atoms with Gasteiger partial charge < -0.3 is 35.0 Å². The number of nitrogen functional groups attached to an aromatic ring is 1. The summed E-state index contributed by atoms with van der Waals surface area (Å²) in [5.41, 5.74) is 6.92. The van der Waals surface area contributed by atoms with Crippen LogP contribution in [0, 0.1) is 11.8 Å². The zero-order chi connectivity index (χ0) is 23.2. The summed E-state index contributed by atoms with van der Waals surface area (Å²) in [6.45, 7) is 2.90. The van der Waals surface area contributed by atoms with Gasteiger partial charge in [0.05, 0.1) is 19.0 Å². The number of hydrogen-bond donors (Lipinski definition) is 6. The van der Waals surface area contributed by atoms with Gasteiger partial charge in [0, 0.05) is 18.4 Å². The highest BCUT2D eigenvalue weighted by Crippen LogP contribution is 2.66. The lowest BCUT2D eigenvalue weighted by Crippen LogP contribution is -2.45. The van der Waals surface area contributed by atoms with E-state index in [9.17, 15) is 28.6 Å². The number of phosphoric ester groups is 1. The van der Waals surface area contributed by atoms with Crippen LogP contribution in [0.1, 0.15) is 6.04 Å². The Balaban J connectivity index is 1.70. The number of aromatic nitrogens is 4. The van der Waals surface area contributed by atoms with Gasteiger partial charge in [-0.15, -0.1) is 0 Å². The zero-order valence-corrected chi connectivity index (χ0v) is 18.1. The van der Waals surface area contributed by atoms with Crippen LogP contribution >= 0.6 is 23.5 Å². The molecule has 16 nitrogen and oxygen atoms in total. The van der Waals surface area contributed by atoms with E-state index >= 15 is 0 Å². The van der Waals surface area contributed by atoms with Gasteiger partial charge in [-0.2, -0.15) is 8.62 Å². The van der Waals surface area contributed by atoms with Crippen LogP contribution in [0.25, 0.3) is 11.2 Å². The second-order valence-corrected chi connectivity index (χ2v) is 10.9. The molecule has 1 saturated carbocycles. The maximum atomic E-state index is 11.9. The lowest BCUT2D eigenvalue weighted by Gasteiger charge is -2.46. The lowest BCUT2D eigenvalue weighted by molar-refractivity contribution is 0.0500. The molecule has 0 aromatic carbocycles. The van der Waals surface area contributed by atoms with E-state index in [2.05, 4.69) is 34.7 Å². The van der Waals surface area contributed by atoms with Crippen LogP contribution in [0.5, 0.6) is 0 Å². The lowest BCUT2D eigenvalue weighted by atomic mass is 9.66. The predicted octanol–water partition coefficient (Wildman–Crippen LogP) is 0.0874. The Hall–Kier alpha value is -1.54. The summed E-state index contributed by atoms with van der Waals surface area (Å²) in [6, 6.07) is -0.515. The predicted molar refractivity (Wildman–Crippen MR) is 102 cm³/mol. The Bertz CT molecular complexity index is 1150. The molecule has 0 aliphatic heterocycles. The molecule has 0 spiro atoms. The summed E-state index contributed by atoms with van der Waals surface area (Å²) < 4.78 is 47.5. The van der Waals surface area contributed by atoms with Crippen molar-refractivity contribution < 1.29 is 51.5 Å². The quantitative estimate of drug-likeness (QED) is 0.197. The molecule has 2 aromatic rings. The van der Waals surface area contributed by atoms with Crippen LogP contribution in [0.2, 0.25) is 0 Å². The highest BCUT2D eigenvalue weighted by atomic mass is 31.3. The molecule has 0 saturated heterocycles. The average Bonchev–Trinajstić information content (AvgIpc) is 3.01. The zero-order valence-electron chi connectivity index (χ0n) is 15.4. The minimum atomic E-state index is -5.62. The second-order valence-electron chi connectivity index (χ2n) is 6.44. The van der Waals surface area contributed by atoms with Gasteiger partial charge in [-0.3, -0.25) is 4.52 Å². The number of nitrogens with zero attached hydrogens (tertiary/aromatic N) is 4. The fraction of sp³-hybridized carbons (Fsp3) is 0.417. The van der Waals surface area contributed by atoms with Gasteiger partial charge in [0.15, 0.2) is 11.5 Å². The molecule has 2 aromatic heterocycles. The molecule has 3 rings (SSSR count). The van der Waals surface area contributed by atoms with Crippen LogP contribution < -0.4 is 5.73 Å². The second kappa shape index (κ2) is 8.43. The van der Waals surface area contributed by atoms with E-state index in [-0.39, 0.29) is 5.82 Å². The fourth-order valence-corrected chi connectivity index (χ4v) is 6.31. The number of anilines is 1. The molecule has 0 radical (unpaired) electrons. The van der Waals surface area contributed by atoms with Crippen molar-refractivity contribution >= 4 is 40.4 Å². The molecular weight excluding hydrogens is 483 g/mol. The summed E-state index contributed by atoms with van der Waals surface area (Å²) >= 11 is 0. The number of nitrogens with two attached hydrogens (primary N) is 1. The van der Waals surface area contributed by atoms with Crippen molar-refractivity contribution in [1.82, 2.24) is 19.5 Å². The maximum Gasteiger partial charge on any atom is 0.490 e. The molecule has 19 heteroatoms. The first kappa shape index (κ1) is 24.1. The number of aliphatic hydroxyl groups excluding tert-OH is 1. The third-order valence-corrected chi connectivity index (χ3v) is 8.31. The topological polar surface area (TPSA) is 250 Å². The Morgan fingerprint density at radius 3 is 2.39 bits per heavy atom. The molecule has 0 amide bonds. The molecular formula is C12H18N5O11P3. The van der Waals surface area contributed by atoms with E-state index in [1.54, 1.807) is 4.57 Å². The molecule has 1 fully saturated rings. The standard InChI is InChI=1S/C12H18N5O11P3/c1-6-8(3-26-30(22,23)28-31(24,25)27-29(19,20)21)7(2-18)10(6)17-5-16-9-11(13)14-4-15-12(9)17/h4-5,7-8,10,18H,1-3H2,(H,22,23)(H,24,25)(H2,13,14,15)(H2,19,20,21)/t7-,8+,10-/m1/s1. The first-order valence-corrected chi connectivity index (χ1v) is 12.8. The molecule has 31 heavy (non-hydrogen) atoms. The number of rotatable bonds is 9. The molecule has 5 atom stereocenters. The normalized spacial score (nSPS) is 25.7. The van der Waals surface area contributed by atoms with Gasteiger partial charge in [0.25, 0.3) is 0 Å². The molecule has 2 heterocycles. The van der Waals surface area contributed by atoms with Gasteiger partial charge >= 0.3 is 23.5 Å². The summed E-state index contributed by atoms with van der Waals surface area (Å²) in [5, 5.41) is 9.77. The van der Waals surface area contributed by atoms with E-state index in [1.165, 1.54) is 12.7 Å². The van der Waals surface area contributed by atoms with E-state index in [0.717, 1.165) is 0 Å². The van der Waals surface area contributed by atoms with Crippen molar-refractivity contribution in [1.29, 1.82) is 0 Å². The first-order valence-electron chi connectivity index (χ1n) is 8.25. The maximum absolute atomic E-state index is 11.9. The third kappa shape index (κ3) is 5.28. The van der Waals surface area contributed by atoms with E-state index in [0.29, 0.717) is 16.7 Å². The molecule has 2 unspecified atom stereocenters. The largest absolute Gasteiger partial charge is 0.490 e. The molecule has 172 valence electrons. The van der Waals surface area contributed by atoms with Crippen molar-refractivity contribution in [2.45, 2.75) is 6.04 Å². The van der Waals surface area contributed by atoms with Crippen molar-refractivity contribution in [2.75, 3.05) is 18.9 Å². The smallest absolute Gasteiger partial charge is 0.396 e. The number of phosphoric acid groups is 3. The van der Waals surface area contributed by atoms with E-state index in [1.807, 2.05) is 0 Å². The SMILES string of the molecule is C=C1[C@@H](n2cnc3c(N)ncnc32)[C@H](CO)[C@H]1COP(=O)(O)OP(=O)(O)OP(=O)(O)O. The third-order valence-electron chi connectivity index (χ3n) is 4.51. The Labute approximate surface area is 173 Å². The molecule has 7 N–H and O–H groups in total. The highest BCUT2D eigenvalue weighted by Gasteiger charge is 2.48. The van der Waals surface area contributed by atoms with Gasteiger partial charge in [-0.05, 0) is 5.57 Å². The molecule has 1 aliphatic rings. The first-order chi connectivity index (χ1) is 14.2. The number of hydrogen-bond acceptors (Lipinski definition) is 11. The molecule has 1 aliphatic carbocycles. The van der Waals surface area contributed by atoms with E-state index in [4.69, 9.17) is 15.5 Å². The number of imidazole rings is 1. The van der Waals surface area contributed by atoms with Gasteiger partial charge in [-0.25, -0.2) is 28.6 Å². The van der Waals surface area contributed by atoms with Crippen molar-refractivity contribution in [2.24, 2.45) is 11.8 Å². The van der Waals surface area contributed by atoms with Gasteiger partial charge in [0.1, 0.15) is 11.8 Å².